The minimum Gasteiger partial charge on any atom is -0.469 e. The smallest absolute Gasteiger partial charge is 0.313 e. The maximum absolute atomic E-state index is 12.6. The van der Waals surface area contributed by atoms with Crippen molar-refractivity contribution in [3.05, 3.63) is 102 Å². The Bertz CT molecular complexity index is 920. The zero-order valence-corrected chi connectivity index (χ0v) is 19.0. The van der Waals surface area contributed by atoms with E-state index in [0.717, 1.165) is 30.8 Å². The van der Waals surface area contributed by atoms with Crippen LogP contribution in [0.4, 0.5) is 5.69 Å². The topological polar surface area (TPSA) is 29.5 Å². The Kier molecular flexibility index (Phi) is 7.51. The van der Waals surface area contributed by atoms with Crippen LogP contribution in [0.2, 0.25) is 0 Å². The second-order valence-corrected chi connectivity index (χ2v) is 9.26. The summed E-state index contributed by atoms with van der Waals surface area (Å²) in [6.07, 6.45) is 0.737. The number of carbonyl (C=O) groups excluding carboxylic acids is 1. The second kappa shape index (κ2) is 10.3. The molecule has 0 radical (unpaired) electrons. The van der Waals surface area contributed by atoms with Crippen LogP contribution in [0, 0.1) is 5.41 Å². The molecule has 1 unspecified atom stereocenters. The number of carbonyl (C=O) groups is 1. The fraction of sp³-hybridized carbons (Fsp3) is 0.321. The Morgan fingerprint density at radius 1 is 0.839 bits per heavy atom. The average Bonchev–Trinajstić information content (AvgIpc) is 2.77. The van der Waals surface area contributed by atoms with Gasteiger partial charge in [-0.2, -0.15) is 0 Å². The molecule has 0 saturated carbocycles. The number of ether oxygens (including phenoxy) is 1. The van der Waals surface area contributed by atoms with Gasteiger partial charge in [-0.1, -0.05) is 93.6 Å². The van der Waals surface area contributed by atoms with Crippen molar-refractivity contribution in [3.63, 3.8) is 0 Å². The van der Waals surface area contributed by atoms with E-state index in [1.807, 2.05) is 24.3 Å². The van der Waals surface area contributed by atoms with Gasteiger partial charge in [0.15, 0.2) is 0 Å². The minimum absolute atomic E-state index is 0.0165. The highest BCUT2D eigenvalue weighted by Gasteiger charge is 2.27. The van der Waals surface area contributed by atoms with E-state index in [0.29, 0.717) is 0 Å². The zero-order chi connectivity index (χ0) is 22.3. The van der Waals surface area contributed by atoms with Gasteiger partial charge in [-0.15, -0.1) is 0 Å². The third kappa shape index (κ3) is 6.71. The second-order valence-electron chi connectivity index (χ2n) is 9.26. The number of anilines is 1. The van der Waals surface area contributed by atoms with Crippen molar-refractivity contribution < 1.29 is 9.53 Å². The number of methoxy groups -OCH3 is 1. The monoisotopic (exact) mass is 415 g/mol. The Balaban J connectivity index is 1.95. The zero-order valence-electron chi connectivity index (χ0n) is 19.0. The van der Waals surface area contributed by atoms with Gasteiger partial charge in [0.25, 0.3) is 0 Å². The number of rotatable bonds is 8. The van der Waals surface area contributed by atoms with Crippen LogP contribution in [-0.2, 0) is 22.6 Å². The number of esters is 1. The first-order valence-corrected chi connectivity index (χ1v) is 10.9. The van der Waals surface area contributed by atoms with Gasteiger partial charge < -0.3 is 9.64 Å². The van der Waals surface area contributed by atoms with Crippen LogP contribution < -0.4 is 4.90 Å². The lowest BCUT2D eigenvalue weighted by Crippen LogP contribution is -2.24. The summed E-state index contributed by atoms with van der Waals surface area (Å²) in [7, 11) is 1.47. The van der Waals surface area contributed by atoms with Crippen molar-refractivity contribution >= 4 is 11.7 Å². The van der Waals surface area contributed by atoms with E-state index in [-0.39, 0.29) is 17.3 Å². The van der Waals surface area contributed by atoms with Crippen molar-refractivity contribution in [3.8, 4) is 0 Å². The molecule has 0 aliphatic heterocycles. The van der Waals surface area contributed by atoms with E-state index >= 15 is 0 Å². The summed E-state index contributed by atoms with van der Waals surface area (Å²) in [6.45, 7) is 8.06. The third-order valence-corrected chi connectivity index (χ3v) is 5.37. The van der Waals surface area contributed by atoms with Crippen LogP contribution in [0.15, 0.2) is 84.9 Å². The molecular weight excluding hydrogens is 382 g/mol. The molecule has 0 spiro atoms. The van der Waals surface area contributed by atoms with Gasteiger partial charge >= 0.3 is 5.97 Å². The summed E-state index contributed by atoms with van der Waals surface area (Å²) in [5.41, 5.74) is 4.63. The number of hydrogen-bond acceptors (Lipinski definition) is 3. The van der Waals surface area contributed by atoms with Crippen molar-refractivity contribution in [1.82, 2.24) is 0 Å². The average molecular weight is 416 g/mol. The Labute approximate surface area is 186 Å². The van der Waals surface area contributed by atoms with Crippen molar-refractivity contribution in [2.75, 3.05) is 12.0 Å². The standard InChI is InChI=1S/C28H33NO2/c1-28(2,3)19-26(27(30)31-4)24-16-11-17-25(18-24)29(20-22-12-7-5-8-13-22)21-23-14-9-6-10-15-23/h5-18,26H,19-21H2,1-4H3. The fourth-order valence-electron chi connectivity index (χ4n) is 3.88. The molecule has 3 aromatic carbocycles. The molecule has 0 heterocycles. The molecule has 31 heavy (non-hydrogen) atoms. The van der Waals surface area contributed by atoms with Gasteiger partial charge in [-0.05, 0) is 40.7 Å². The lowest BCUT2D eigenvalue weighted by molar-refractivity contribution is -0.143. The van der Waals surface area contributed by atoms with Crippen LogP contribution in [0.1, 0.15) is 49.8 Å². The van der Waals surface area contributed by atoms with E-state index in [9.17, 15) is 4.79 Å². The van der Waals surface area contributed by atoms with Gasteiger partial charge in [-0.3, -0.25) is 4.79 Å². The van der Waals surface area contributed by atoms with E-state index in [2.05, 4.69) is 86.3 Å². The predicted molar refractivity (Wildman–Crippen MR) is 128 cm³/mol. The van der Waals surface area contributed by atoms with Gasteiger partial charge in [0.1, 0.15) is 0 Å². The molecule has 0 N–H and O–H groups in total. The number of hydrogen-bond donors (Lipinski definition) is 0. The summed E-state index contributed by atoms with van der Waals surface area (Å²) in [6, 6.07) is 29.3. The highest BCUT2D eigenvalue weighted by atomic mass is 16.5. The molecule has 1 atom stereocenters. The highest BCUT2D eigenvalue weighted by molar-refractivity contribution is 5.78. The van der Waals surface area contributed by atoms with Crippen LogP contribution in [-0.4, -0.2) is 13.1 Å². The molecule has 0 saturated heterocycles. The van der Waals surface area contributed by atoms with Crippen LogP contribution in [0.25, 0.3) is 0 Å². The minimum atomic E-state index is -0.278. The van der Waals surface area contributed by atoms with E-state index in [1.165, 1.54) is 18.2 Å². The number of nitrogens with zero attached hydrogens (tertiary/aromatic N) is 1. The van der Waals surface area contributed by atoms with Gasteiger partial charge in [0, 0.05) is 18.8 Å². The molecule has 0 aromatic heterocycles. The quantitative estimate of drug-likeness (QED) is 0.389. The van der Waals surface area contributed by atoms with Gasteiger partial charge in [-0.25, -0.2) is 0 Å². The Morgan fingerprint density at radius 2 is 1.39 bits per heavy atom. The van der Waals surface area contributed by atoms with Crippen LogP contribution in [0.3, 0.4) is 0 Å². The van der Waals surface area contributed by atoms with E-state index in [1.54, 1.807) is 0 Å². The molecule has 0 aliphatic carbocycles. The number of benzene rings is 3. The predicted octanol–water partition coefficient (Wildman–Crippen LogP) is 6.59. The van der Waals surface area contributed by atoms with E-state index in [4.69, 9.17) is 4.74 Å². The first-order valence-electron chi connectivity index (χ1n) is 10.9. The largest absolute Gasteiger partial charge is 0.469 e. The molecule has 3 nitrogen and oxygen atoms in total. The summed E-state index contributed by atoms with van der Waals surface area (Å²) in [5, 5.41) is 0. The Hall–Kier alpha value is -3.07. The first kappa shape index (κ1) is 22.6. The first-order chi connectivity index (χ1) is 14.9. The van der Waals surface area contributed by atoms with Gasteiger partial charge in [0.05, 0.1) is 13.0 Å². The Morgan fingerprint density at radius 3 is 1.87 bits per heavy atom. The molecule has 0 bridgehead atoms. The molecule has 0 aliphatic rings. The normalized spacial score (nSPS) is 12.3. The fourth-order valence-corrected chi connectivity index (χ4v) is 3.88. The van der Waals surface area contributed by atoms with Crippen LogP contribution in [0.5, 0.6) is 0 Å². The SMILES string of the molecule is COC(=O)C(CC(C)(C)C)c1cccc(N(Cc2ccccc2)Cc2ccccc2)c1. The molecule has 0 amide bonds. The molecular formula is C28H33NO2. The molecule has 3 heteroatoms. The van der Waals surface area contributed by atoms with Crippen molar-refractivity contribution in [2.24, 2.45) is 5.41 Å². The molecule has 3 rings (SSSR count). The van der Waals surface area contributed by atoms with E-state index < -0.39 is 0 Å². The van der Waals surface area contributed by atoms with Crippen LogP contribution >= 0.6 is 0 Å². The summed E-state index contributed by atoms with van der Waals surface area (Å²) < 4.78 is 5.15. The van der Waals surface area contributed by atoms with Gasteiger partial charge in [0.2, 0.25) is 0 Å². The molecule has 3 aromatic rings. The van der Waals surface area contributed by atoms with Crippen molar-refractivity contribution in [1.29, 1.82) is 0 Å². The third-order valence-electron chi connectivity index (χ3n) is 5.37. The van der Waals surface area contributed by atoms with Crippen molar-refractivity contribution in [2.45, 2.75) is 46.2 Å². The lowest BCUT2D eigenvalue weighted by atomic mass is 9.81. The summed E-state index contributed by atoms with van der Waals surface area (Å²) in [4.78, 5) is 15.0. The lowest BCUT2D eigenvalue weighted by Gasteiger charge is -2.28. The maximum atomic E-state index is 12.6. The highest BCUT2D eigenvalue weighted by Crippen LogP contribution is 2.34. The summed E-state index contributed by atoms with van der Waals surface area (Å²) >= 11 is 0. The molecule has 0 fully saturated rings. The molecule has 162 valence electrons. The maximum Gasteiger partial charge on any atom is 0.313 e. The summed E-state index contributed by atoms with van der Waals surface area (Å²) in [5.74, 6) is -0.454.